The number of pyridine rings is 1. The van der Waals surface area contributed by atoms with Crippen LogP contribution >= 0.6 is 0 Å². The van der Waals surface area contributed by atoms with Crippen molar-refractivity contribution in [3.63, 3.8) is 0 Å². The van der Waals surface area contributed by atoms with Crippen molar-refractivity contribution in [1.82, 2.24) is 0 Å². The monoisotopic (exact) mass is 386 g/mol. The Labute approximate surface area is 176 Å². The lowest BCUT2D eigenvalue weighted by atomic mass is 9.87. The molecule has 1 aliphatic rings. The maximum absolute atomic E-state index is 2.51. The van der Waals surface area contributed by atoms with Crippen LogP contribution in [-0.4, -0.2) is 0 Å². The molecule has 3 aromatic rings. The quantitative estimate of drug-likeness (QED) is 0.414. The molecule has 1 nitrogen and oxygen atoms in total. The van der Waals surface area contributed by atoms with Crippen molar-refractivity contribution in [2.45, 2.75) is 79.1 Å². The van der Waals surface area contributed by atoms with E-state index in [1.165, 1.54) is 75.7 Å². The van der Waals surface area contributed by atoms with E-state index in [0.717, 1.165) is 5.92 Å². The molecule has 29 heavy (non-hydrogen) atoms. The van der Waals surface area contributed by atoms with E-state index in [1.807, 2.05) is 0 Å². The summed E-state index contributed by atoms with van der Waals surface area (Å²) in [5.41, 5.74) is 11.4. The van der Waals surface area contributed by atoms with Crippen LogP contribution in [0.25, 0.3) is 22.0 Å². The van der Waals surface area contributed by atoms with Gasteiger partial charge in [0.15, 0.2) is 5.69 Å². The zero-order valence-corrected chi connectivity index (χ0v) is 19.3. The molecule has 152 valence electrons. The average molecular weight is 387 g/mol. The van der Waals surface area contributed by atoms with Crippen LogP contribution in [-0.2, 0) is 7.05 Å². The lowest BCUT2D eigenvalue weighted by molar-refractivity contribution is -0.665. The Morgan fingerprint density at radius 2 is 1.55 bits per heavy atom. The third-order valence-electron chi connectivity index (χ3n) is 7.52. The summed E-state index contributed by atoms with van der Waals surface area (Å²) in [4.78, 5) is 0. The van der Waals surface area contributed by atoms with Crippen molar-refractivity contribution in [3.05, 3.63) is 63.8 Å². The molecule has 0 saturated heterocycles. The number of nitrogens with zero attached hydrogens (tertiary/aromatic N) is 1. The molecule has 0 amide bonds. The summed E-state index contributed by atoms with van der Waals surface area (Å²) in [6, 6.07) is 12.1. The van der Waals surface area contributed by atoms with Crippen LogP contribution in [0.15, 0.2) is 30.3 Å². The highest BCUT2D eigenvalue weighted by atomic mass is 14.9. The second kappa shape index (κ2) is 7.59. The molecular formula is C28H36N+. The molecule has 1 saturated carbocycles. The molecule has 1 heterocycles. The number of hydrogen-bond acceptors (Lipinski definition) is 0. The van der Waals surface area contributed by atoms with Gasteiger partial charge in [-0.2, -0.15) is 4.57 Å². The second-order valence-electron chi connectivity index (χ2n) is 9.57. The van der Waals surface area contributed by atoms with E-state index in [2.05, 4.69) is 83.5 Å². The van der Waals surface area contributed by atoms with Gasteiger partial charge in [-0.15, -0.1) is 0 Å². The average Bonchev–Trinajstić information content (AvgIpc) is 3.24. The Bertz CT molecular complexity index is 1080. The summed E-state index contributed by atoms with van der Waals surface area (Å²) < 4.78 is 2.42. The summed E-state index contributed by atoms with van der Waals surface area (Å²) in [6.45, 7) is 13.7. The molecule has 0 spiro atoms. The third-order valence-corrected chi connectivity index (χ3v) is 7.52. The zero-order chi connectivity index (χ0) is 20.9. The van der Waals surface area contributed by atoms with Crippen molar-refractivity contribution in [2.24, 2.45) is 7.05 Å². The van der Waals surface area contributed by atoms with Gasteiger partial charge in [-0.05, 0) is 85.2 Å². The highest BCUT2D eigenvalue weighted by Gasteiger charge is 2.25. The van der Waals surface area contributed by atoms with E-state index in [1.54, 1.807) is 5.56 Å². The van der Waals surface area contributed by atoms with Crippen molar-refractivity contribution in [1.29, 1.82) is 0 Å². The molecule has 1 aliphatic carbocycles. The number of rotatable bonds is 3. The first-order valence-corrected chi connectivity index (χ1v) is 11.3. The number of fused-ring (bicyclic) bond motifs is 1. The summed E-state index contributed by atoms with van der Waals surface area (Å²) in [7, 11) is 2.24. The molecule has 0 bridgehead atoms. The minimum Gasteiger partial charge on any atom is -0.198 e. The first-order chi connectivity index (χ1) is 13.8. The summed E-state index contributed by atoms with van der Waals surface area (Å²) in [5, 5.41) is 2.79. The van der Waals surface area contributed by atoms with E-state index in [0.29, 0.717) is 5.92 Å². The molecule has 1 aromatic heterocycles. The van der Waals surface area contributed by atoms with Crippen LogP contribution in [0, 0.1) is 27.7 Å². The minimum atomic E-state index is 0.547. The lowest BCUT2D eigenvalue weighted by Crippen LogP contribution is -2.36. The first-order valence-electron chi connectivity index (χ1n) is 11.3. The second-order valence-corrected chi connectivity index (χ2v) is 9.57. The van der Waals surface area contributed by atoms with Crippen molar-refractivity contribution >= 4 is 10.8 Å². The molecule has 2 aromatic carbocycles. The van der Waals surface area contributed by atoms with Crippen LogP contribution in [0.3, 0.4) is 0 Å². The van der Waals surface area contributed by atoms with E-state index < -0.39 is 0 Å². The van der Waals surface area contributed by atoms with Crippen LogP contribution in [0.5, 0.6) is 0 Å². The van der Waals surface area contributed by atoms with Gasteiger partial charge >= 0.3 is 0 Å². The minimum absolute atomic E-state index is 0.547. The zero-order valence-electron chi connectivity index (χ0n) is 19.3. The maximum Gasteiger partial charge on any atom is 0.220 e. The molecule has 1 heteroatoms. The van der Waals surface area contributed by atoms with Gasteiger partial charge in [0.25, 0.3) is 0 Å². The predicted molar refractivity (Wildman–Crippen MR) is 125 cm³/mol. The summed E-state index contributed by atoms with van der Waals surface area (Å²) in [6.07, 6.45) is 5.45. The van der Waals surface area contributed by atoms with Crippen molar-refractivity contribution in [2.75, 3.05) is 0 Å². The fourth-order valence-electron chi connectivity index (χ4n) is 5.19. The van der Waals surface area contributed by atoms with Crippen molar-refractivity contribution < 1.29 is 4.57 Å². The van der Waals surface area contributed by atoms with E-state index in [4.69, 9.17) is 0 Å². The molecule has 0 atom stereocenters. The smallest absolute Gasteiger partial charge is 0.198 e. The fraction of sp³-hybridized carbons (Fsp3) is 0.464. The first kappa shape index (κ1) is 20.1. The number of aryl methyl sites for hydroxylation is 2. The van der Waals surface area contributed by atoms with Gasteiger partial charge in [-0.1, -0.05) is 44.9 Å². The highest BCUT2D eigenvalue weighted by molar-refractivity contribution is 5.96. The largest absolute Gasteiger partial charge is 0.220 e. The van der Waals surface area contributed by atoms with Gasteiger partial charge in [0.05, 0.1) is 10.9 Å². The summed E-state index contributed by atoms with van der Waals surface area (Å²) in [5.74, 6) is 1.29. The summed E-state index contributed by atoms with van der Waals surface area (Å²) >= 11 is 0. The van der Waals surface area contributed by atoms with Crippen molar-refractivity contribution in [3.8, 4) is 11.3 Å². The number of aromatic nitrogens is 1. The van der Waals surface area contributed by atoms with Crippen LogP contribution in [0.1, 0.15) is 84.9 Å². The van der Waals surface area contributed by atoms with Gasteiger partial charge in [0.2, 0.25) is 5.69 Å². The van der Waals surface area contributed by atoms with E-state index in [-0.39, 0.29) is 0 Å². The third kappa shape index (κ3) is 3.39. The Balaban J connectivity index is 2.03. The van der Waals surface area contributed by atoms with Gasteiger partial charge in [0.1, 0.15) is 7.05 Å². The Morgan fingerprint density at radius 1 is 0.862 bits per heavy atom. The Morgan fingerprint density at radius 3 is 2.21 bits per heavy atom. The Hall–Kier alpha value is -2.15. The molecule has 0 aliphatic heterocycles. The standard InChI is InChI=1S/C28H36N/c1-17(2)23-12-13-25-26(15-23)20(5)21(6)29(7)28(25)27-16-24(14-18(3)19(27)4)22-10-8-9-11-22/h12-17,22H,8-11H2,1-7H3/q+1. The fourth-order valence-corrected chi connectivity index (χ4v) is 5.19. The number of benzene rings is 2. The molecule has 0 unspecified atom stereocenters. The van der Waals surface area contributed by atoms with Gasteiger partial charge in [-0.3, -0.25) is 0 Å². The van der Waals surface area contributed by atoms with Crippen LogP contribution in [0.2, 0.25) is 0 Å². The number of hydrogen-bond donors (Lipinski definition) is 0. The topological polar surface area (TPSA) is 3.88 Å². The maximum atomic E-state index is 2.51. The van der Waals surface area contributed by atoms with Crippen LogP contribution in [0.4, 0.5) is 0 Å². The predicted octanol–water partition coefficient (Wildman–Crippen LogP) is 7.35. The van der Waals surface area contributed by atoms with E-state index in [9.17, 15) is 0 Å². The van der Waals surface area contributed by atoms with Gasteiger partial charge in [0, 0.05) is 12.5 Å². The normalized spacial score (nSPS) is 15.0. The Kier molecular flexibility index (Phi) is 5.27. The molecule has 1 fully saturated rings. The SMILES string of the molecule is Cc1cc(C2CCCC2)cc(-c2c3ccc(C(C)C)cc3c(C)c(C)[n+]2C)c1C. The van der Waals surface area contributed by atoms with Gasteiger partial charge in [-0.25, -0.2) is 0 Å². The van der Waals surface area contributed by atoms with Gasteiger partial charge < -0.3 is 0 Å². The molecule has 0 radical (unpaired) electrons. The molecule has 4 rings (SSSR count). The van der Waals surface area contributed by atoms with E-state index >= 15 is 0 Å². The molecular weight excluding hydrogens is 350 g/mol. The molecule has 0 N–H and O–H groups in total. The highest BCUT2D eigenvalue weighted by Crippen LogP contribution is 2.39. The lowest BCUT2D eigenvalue weighted by Gasteiger charge is -2.18. The van der Waals surface area contributed by atoms with Crippen LogP contribution < -0.4 is 4.57 Å².